The van der Waals surface area contributed by atoms with Gasteiger partial charge in [-0.25, -0.2) is 4.99 Å². The van der Waals surface area contributed by atoms with Crippen LogP contribution in [0.3, 0.4) is 0 Å². The van der Waals surface area contributed by atoms with Crippen LogP contribution in [0.25, 0.3) is 44.2 Å². The zero-order valence-corrected chi connectivity index (χ0v) is 31.6. The van der Waals surface area contributed by atoms with E-state index in [4.69, 9.17) is 9.73 Å². The first-order valence-corrected chi connectivity index (χ1v) is 20.1. The first-order chi connectivity index (χ1) is 28.7. The number of hydrogen-bond acceptors (Lipinski definition) is 2. The molecule has 0 radical (unpaired) electrons. The Kier molecular flexibility index (Phi) is 7.28. The van der Waals surface area contributed by atoms with Gasteiger partial charge in [0.25, 0.3) is 0 Å². The van der Waals surface area contributed by atoms with Crippen molar-refractivity contribution in [3.8, 4) is 44.9 Å². The molecule has 1 atom stereocenters. The highest BCUT2D eigenvalue weighted by atomic mass is 16.5. The number of benzene rings is 9. The van der Waals surface area contributed by atoms with E-state index in [0.29, 0.717) is 0 Å². The highest BCUT2D eigenvalue weighted by Gasteiger charge is 2.51. The van der Waals surface area contributed by atoms with E-state index in [2.05, 4.69) is 212 Å². The average Bonchev–Trinajstić information content (AvgIpc) is 3.57. The van der Waals surface area contributed by atoms with Gasteiger partial charge in [-0.1, -0.05) is 152 Å². The maximum absolute atomic E-state index is 6.65. The second kappa shape index (κ2) is 12.9. The number of nitrogens with zero attached hydrogens (tertiary/aromatic N) is 1. The Hall–Kier alpha value is -7.33. The number of nitrogens with two attached hydrogens (primary N) is 1. The zero-order chi connectivity index (χ0) is 38.2. The maximum Gasteiger partial charge on any atom is 0.211 e. The summed E-state index contributed by atoms with van der Waals surface area (Å²) in [6.07, 6.45) is -0.0929. The Bertz CT molecular complexity index is 3100. The molecule has 3 heteroatoms. The fourth-order valence-electron chi connectivity index (χ4n) is 9.81. The average molecular weight is 742 g/mol. The molecule has 3 nitrogen and oxygen atoms in total. The molecule has 9 aromatic carbocycles. The van der Waals surface area contributed by atoms with Crippen LogP contribution in [0.2, 0.25) is 0 Å². The lowest BCUT2D eigenvalue weighted by Gasteiger charge is -2.39. The first kappa shape index (κ1) is 32.9. The zero-order valence-electron chi connectivity index (χ0n) is 31.6. The predicted molar refractivity (Wildman–Crippen MR) is 235 cm³/mol. The summed E-state index contributed by atoms with van der Waals surface area (Å²) >= 11 is 0. The van der Waals surface area contributed by atoms with E-state index in [0.717, 1.165) is 22.8 Å². The lowest BCUT2D eigenvalue weighted by Crippen LogP contribution is -2.80. The minimum Gasteiger partial charge on any atom is -0.457 e. The molecule has 9 aromatic rings. The van der Waals surface area contributed by atoms with Crippen LogP contribution in [0.15, 0.2) is 211 Å². The largest absolute Gasteiger partial charge is 0.457 e. The van der Waals surface area contributed by atoms with E-state index >= 15 is 0 Å². The molecule has 0 aromatic heterocycles. The molecule has 1 spiro atoms. The second-order valence-electron chi connectivity index (χ2n) is 15.6. The molecule has 0 saturated heterocycles. The van der Waals surface area contributed by atoms with Gasteiger partial charge in [0, 0.05) is 22.3 Å². The number of rotatable bonds is 4. The molecule has 0 fully saturated rings. The van der Waals surface area contributed by atoms with Crippen molar-refractivity contribution in [3.05, 3.63) is 245 Å². The molecule has 1 aliphatic carbocycles. The lowest BCUT2D eigenvalue weighted by atomic mass is 9.65. The highest BCUT2D eigenvalue weighted by Crippen LogP contribution is 2.62. The van der Waals surface area contributed by atoms with E-state index in [1.807, 2.05) is 0 Å². The van der Waals surface area contributed by atoms with Crippen LogP contribution in [0.4, 0.5) is 5.69 Å². The van der Waals surface area contributed by atoms with Gasteiger partial charge in [-0.05, 0) is 110 Å². The Balaban J connectivity index is 0.989. The quantitative estimate of drug-likeness (QED) is 0.179. The number of quaternary nitrogens is 1. The van der Waals surface area contributed by atoms with Crippen LogP contribution in [-0.2, 0) is 5.41 Å². The fraction of sp³-hybridized carbons (Fsp3) is 0.0364. The molecule has 1 unspecified atom stereocenters. The highest BCUT2D eigenvalue weighted by molar-refractivity contribution is 6.15. The number of aliphatic imine (C=N–C) groups is 1. The van der Waals surface area contributed by atoms with E-state index in [1.165, 1.54) is 83.2 Å². The minimum absolute atomic E-state index is 0.0929. The van der Waals surface area contributed by atoms with Crippen molar-refractivity contribution in [2.75, 3.05) is 0 Å². The summed E-state index contributed by atoms with van der Waals surface area (Å²) in [6, 6.07) is 74.9. The summed E-state index contributed by atoms with van der Waals surface area (Å²) in [4.78, 5) is 5.36. The summed E-state index contributed by atoms with van der Waals surface area (Å²) in [6.45, 7) is 0. The van der Waals surface area contributed by atoms with Crippen molar-refractivity contribution in [2.45, 2.75) is 11.6 Å². The molecule has 58 heavy (non-hydrogen) atoms. The maximum atomic E-state index is 6.65. The van der Waals surface area contributed by atoms with Gasteiger partial charge in [0.1, 0.15) is 17.2 Å². The van der Waals surface area contributed by atoms with E-state index in [9.17, 15) is 0 Å². The minimum atomic E-state index is -0.545. The van der Waals surface area contributed by atoms with Gasteiger partial charge in [-0.15, -0.1) is 0 Å². The van der Waals surface area contributed by atoms with E-state index < -0.39 is 5.41 Å². The van der Waals surface area contributed by atoms with Gasteiger partial charge in [0.2, 0.25) is 6.17 Å². The molecular formula is C55H37N2O+. The summed E-state index contributed by atoms with van der Waals surface area (Å²) in [5.41, 5.74) is 17.4. The van der Waals surface area contributed by atoms with Crippen LogP contribution in [-0.4, -0.2) is 5.71 Å². The molecule has 2 N–H and O–H groups in total. The second-order valence-corrected chi connectivity index (χ2v) is 15.6. The molecule has 3 aliphatic rings. The van der Waals surface area contributed by atoms with Crippen LogP contribution < -0.4 is 10.1 Å². The Morgan fingerprint density at radius 2 is 0.983 bits per heavy atom. The molecule has 272 valence electrons. The van der Waals surface area contributed by atoms with Gasteiger partial charge in [0.05, 0.1) is 16.7 Å². The molecule has 0 bridgehead atoms. The van der Waals surface area contributed by atoms with Crippen LogP contribution in [0, 0.1) is 0 Å². The van der Waals surface area contributed by atoms with Crippen LogP contribution >= 0.6 is 0 Å². The van der Waals surface area contributed by atoms with Crippen molar-refractivity contribution in [2.24, 2.45) is 4.99 Å². The van der Waals surface area contributed by atoms with Crippen LogP contribution in [0.1, 0.15) is 45.1 Å². The van der Waals surface area contributed by atoms with Crippen molar-refractivity contribution in [1.82, 2.24) is 0 Å². The smallest absolute Gasteiger partial charge is 0.211 e. The van der Waals surface area contributed by atoms with Gasteiger partial charge >= 0.3 is 0 Å². The van der Waals surface area contributed by atoms with E-state index in [1.54, 1.807) is 0 Å². The van der Waals surface area contributed by atoms with Crippen LogP contribution in [0.5, 0.6) is 11.5 Å². The molecular weight excluding hydrogens is 705 g/mol. The van der Waals surface area contributed by atoms with Gasteiger partial charge in [-0.2, -0.15) is 0 Å². The van der Waals surface area contributed by atoms with E-state index in [-0.39, 0.29) is 6.17 Å². The van der Waals surface area contributed by atoms with Gasteiger partial charge in [-0.3, -0.25) is 5.32 Å². The third-order valence-corrected chi connectivity index (χ3v) is 12.4. The molecule has 0 amide bonds. The summed E-state index contributed by atoms with van der Waals surface area (Å²) < 4.78 is 6.65. The van der Waals surface area contributed by atoms with Crippen molar-refractivity contribution < 1.29 is 10.1 Å². The van der Waals surface area contributed by atoms with Gasteiger partial charge in [0.15, 0.2) is 0 Å². The number of para-hydroxylation sites is 3. The monoisotopic (exact) mass is 741 g/mol. The molecule has 2 aliphatic heterocycles. The Morgan fingerprint density at radius 1 is 0.397 bits per heavy atom. The van der Waals surface area contributed by atoms with Gasteiger partial charge < -0.3 is 4.74 Å². The normalized spacial score (nSPS) is 15.4. The molecule has 2 heterocycles. The third-order valence-electron chi connectivity index (χ3n) is 12.4. The van der Waals surface area contributed by atoms with Crippen molar-refractivity contribution in [1.29, 1.82) is 0 Å². The third kappa shape index (κ3) is 4.94. The molecule has 0 saturated carbocycles. The molecule has 12 rings (SSSR count). The number of hydrogen-bond donors (Lipinski definition) is 1. The Labute approximate surface area is 337 Å². The van der Waals surface area contributed by atoms with Crippen molar-refractivity contribution >= 4 is 22.2 Å². The summed E-state index contributed by atoms with van der Waals surface area (Å²) in [5.74, 6) is 1.80. The number of fused-ring (bicyclic) bond motifs is 11. The first-order valence-electron chi connectivity index (χ1n) is 20.1. The summed E-state index contributed by atoms with van der Waals surface area (Å²) in [7, 11) is 0. The SMILES string of the molecule is c1ccc(C2=NC(c3cccc(-c4cccc(-c5ccc6c(c5)C5(c7ccccc7Oc7ccccc75)c5cc7ccccc7cc5-6)c4)c3)[NH2+]c3ccccc32)cc1. The predicted octanol–water partition coefficient (Wildman–Crippen LogP) is 12.4. The standard InChI is InChI=1S/C55H36N2O/c1-2-14-35(15-3-1)53-44-22-6-9-25-50(44)56-54(57-53)42-21-13-20-38(31-42)36-18-12-19-37(30-36)41-28-29-43-45-32-39-16-4-5-17-40(39)33-49(45)55(48(43)34-41)46-23-7-10-26-51(46)58-52-27-11-8-24-47(52)55/h1-34,54,56H/p+1. The summed E-state index contributed by atoms with van der Waals surface area (Å²) in [5, 5.41) is 4.78. The lowest BCUT2D eigenvalue weighted by molar-refractivity contribution is -0.617. The topological polar surface area (TPSA) is 38.2 Å². The fourth-order valence-corrected chi connectivity index (χ4v) is 9.81. The number of ether oxygens (including phenoxy) is 1. The van der Waals surface area contributed by atoms with Crippen molar-refractivity contribution in [3.63, 3.8) is 0 Å². The Morgan fingerprint density at radius 3 is 1.76 bits per heavy atom.